The minimum atomic E-state index is 0.267. The van der Waals surface area contributed by atoms with Gasteiger partial charge in [0.25, 0.3) is 0 Å². The van der Waals surface area contributed by atoms with Crippen molar-refractivity contribution in [2.45, 2.75) is 66.0 Å². The van der Waals surface area contributed by atoms with E-state index in [4.69, 9.17) is 5.73 Å². The van der Waals surface area contributed by atoms with E-state index >= 15 is 0 Å². The number of nitrogens with two attached hydrogens (primary N) is 1. The molecule has 1 heterocycles. The molecule has 0 aliphatic heterocycles. The molecule has 1 aromatic rings. The summed E-state index contributed by atoms with van der Waals surface area (Å²) >= 11 is 0. The van der Waals surface area contributed by atoms with Gasteiger partial charge in [-0.2, -0.15) is 0 Å². The summed E-state index contributed by atoms with van der Waals surface area (Å²) in [6.07, 6.45) is 4.81. The quantitative estimate of drug-likeness (QED) is 0.851. The zero-order valence-corrected chi connectivity index (χ0v) is 11.7. The normalized spacial score (nSPS) is 20.4. The molecule has 1 atom stereocenters. The van der Waals surface area contributed by atoms with Crippen LogP contribution >= 0.6 is 0 Å². The van der Waals surface area contributed by atoms with Gasteiger partial charge in [-0.05, 0) is 49.7 Å². The molecule has 0 spiro atoms. The highest BCUT2D eigenvalue weighted by atomic mass is 15.0. The summed E-state index contributed by atoms with van der Waals surface area (Å²) in [4.78, 5) is 0. The number of hydrogen-bond donors (Lipinski definition) is 1. The average Bonchev–Trinajstić information content (AvgIpc) is 2.58. The van der Waals surface area contributed by atoms with E-state index in [9.17, 15) is 0 Å². The van der Waals surface area contributed by atoms with Gasteiger partial charge in [-0.15, -0.1) is 0 Å². The number of aryl methyl sites for hydroxylation is 1. The molecule has 0 radical (unpaired) electrons. The molecule has 0 bridgehead atoms. The van der Waals surface area contributed by atoms with Gasteiger partial charge in [0.2, 0.25) is 0 Å². The predicted octanol–water partition coefficient (Wildman–Crippen LogP) is 3.57. The zero-order chi connectivity index (χ0) is 12.6. The Balaban J connectivity index is 2.35. The Bertz CT molecular complexity index is 401. The first-order valence-electron chi connectivity index (χ1n) is 6.89. The Labute approximate surface area is 105 Å². The van der Waals surface area contributed by atoms with Gasteiger partial charge in [-0.1, -0.05) is 20.8 Å². The molecule has 2 N–H and O–H groups in total. The van der Waals surface area contributed by atoms with Gasteiger partial charge in [0.1, 0.15) is 0 Å². The molecule has 1 unspecified atom stereocenters. The lowest BCUT2D eigenvalue weighted by atomic mass is 9.89. The standard InChI is InChI=1S/C15H26N2/c1-5-15(3,4)10-17-11(2)9-12-13(16)7-6-8-14(12)17/h9,13H,5-8,10,16H2,1-4H3. The van der Waals surface area contributed by atoms with Crippen LogP contribution in [0.15, 0.2) is 6.07 Å². The van der Waals surface area contributed by atoms with Crippen molar-refractivity contribution in [3.05, 3.63) is 23.0 Å². The molecule has 2 nitrogen and oxygen atoms in total. The number of rotatable bonds is 3. The highest BCUT2D eigenvalue weighted by Gasteiger charge is 2.25. The third kappa shape index (κ3) is 2.42. The average molecular weight is 234 g/mol. The van der Waals surface area contributed by atoms with E-state index in [0.29, 0.717) is 5.41 Å². The highest BCUT2D eigenvalue weighted by Crippen LogP contribution is 2.33. The summed E-state index contributed by atoms with van der Waals surface area (Å²) in [5, 5.41) is 0. The van der Waals surface area contributed by atoms with Crippen LogP contribution in [0.1, 0.15) is 63.0 Å². The molecular formula is C15H26N2. The summed E-state index contributed by atoms with van der Waals surface area (Å²) in [7, 11) is 0. The number of fused-ring (bicyclic) bond motifs is 1. The third-order valence-electron chi connectivity index (χ3n) is 4.32. The van der Waals surface area contributed by atoms with Crippen molar-refractivity contribution in [2.24, 2.45) is 11.1 Å². The number of hydrogen-bond acceptors (Lipinski definition) is 1. The van der Waals surface area contributed by atoms with Crippen molar-refractivity contribution >= 4 is 0 Å². The highest BCUT2D eigenvalue weighted by molar-refractivity contribution is 5.32. The van der Waals surface area contributed by atoms with E-state index in [1.165, 1.54) is 36.2 Å². The van der Waals surface area contributed by atoms with Gasteiger partial charge >= 0.3 is 0 Å². The van der Waals surface area contributed by atoms with Crippen LogP contribution in [-0.2, 0) is 13.0 Å². The van der Waals surface area contributed by atoms with Gasteiger partial charge in [-0.25, -0.2) is 0 Å². The van der Waals surface area contributed by atoms with Gasteiger partial charge < -0.3 is 10.3 Å². The monoisotopic (exact) mass is 234 g/mol. The second-order valence-electron chi connectivity index (χ2n) is 6.29. The molecule has 1 aliphatic rings. The molecule has 2 heteroatoms. The maximum absolute atomic E-state index is 6.21. The zero-order valence-electron chi connectivity index (χ0n) is 11.7. The molecule has 0 amide bonds. The van der Waals surface area contributed by atoms with E-state index in [1.54, 1.807) is 0 Å². The smallest absolute Gasteiger partial charge is 0.0313 e. The van der Waals surface area contributed by atoms with E-state index in [-0.39, 0.29) is 6.04 Å². The van der Waals surface area contributed by atoms with Gasteiger partial charge in [0.05, 0.1) is 0 Å². The molecule has 0 saturated carbocycles. The third-order valence-corrected chi connectivity index (χ3v) is 4.32. The van der Waals surface area contributed by atoms with Crippen LogP contribution in [0.25, 0.3) is 0 Å². The predicted molar refractivity (Wildman–Crippen MR) is 73.1 cm³/mol. The fraction of sp³-hybridized carbons (Fsp3) is 0.733. The van der Waals surface area contributed by atoms with E-state index < -0.39 is 0 Å². The number of aromatic nitrogens is 1. The summed E-state index contributed by atoms with van der Waals surface area (Å²) in [6, 6.07) is 2.58. The molecule has 0 fully saturated rings. The first kappa shape index (κ1) is 12.7. The fourth-order valence-corrected chi connectivity index (χ4v) is 2.76. The molecule has 0 saturated heterocycles. The van der Waals surface area contributed by atoms with E-state index in [1.807, 2.05) is 0 Å². The lowest BCUT2D eigenvalue weighted by Gasteiger charge is -2.28. The van der Waals surface area contributed by atoms with Crippen molar-refractivity contribution in [3.63, 3.8) is 0 Å². The van der Waals surface area contributed by atoms with Crippen molar-refractivity contribution in [3.8, 4) is 0 Å². The van der Waals surface area contributed by atoms with Crippen molar-refractivity contribution in [1.29, 1.82) is 0 Å². The van der Waals surface area contributed by atoms with Crippen LogP contribution in [-0.4, -0.2) is 4.57 Å². The Morgan fingerprint density at radius 2 is 2.18 bits per heavy atom. The lowest BCUT2D eigenvalue weighted by molar-refractivity contribution is 0.287. The van der Waals surface area contributed by atoms with Crippen molar-refractivity contribution < 1.29 is 0 Å². The fourth-order valence-electron chi connectivity index (χ4n) is 2.76. The lowest BCUT2D eigenvalue weighted by Crippen LogP contribution is -2.23. The Hall–Kier alpha value is -0.760. The Kier molecular flexibility index (Phi) is 3.35. The van der Waals surface area contributed by atoms with Gasteiger partial charge in [0.15, 0.2) is 0 Å². The molecule has 17 heavy (non-hydrogen) atoms. The van der Waals surface area contributed by atoms with Crippen LogP contribution < -0.4 is 5.73 Å². The van der Waals surface area contributed by atoms with Crippen LogP contribution in [0.2, 0.25) is 0 Å². The molecule has 1 aromatic heterocycles. The topological polar surface area (TPSA) is 30.9 Å². The Morgan fingerprint density at radius 3 is 2.82 bits per heavy atom. The molecule has 1 aliphatic carbocycles. The first-order chi connectivity index (χ1) is 7.94. The largest absolute Gasteiger partial charge is 0.348 e. The van der Waals surface area contributed by atoms with Crippen LogP contribution in [0.4, 0.5) is 0 Å². The van der Waals surface area contributed by atoms with E-state index in [0.717, 1.165) is 13.0 Å². The van der Waals surface area contributed by atoms with Crippen molar-refractivity contribution in [2.75, 3.05) is 0 Å². The maximum Gasteiger partial charge on any atom is 0.0313 e. The minimum Gasteiger partial charge on any atom is -0.348 e. The SMILES string of the molecule is CCC(C)(C)Cn1c(C)cc2c1CCCC2N. The van der Waals surface area contributed by atoms with Crippen LogP contribution in [0.3, 0.4) is 0 Å². The van der Waals surface area contributed by atoms with Crippen LogP contribution in [0, 0.1) is 12.3 Å². The summed E-state index contributed by atoms with van der Waals surface area (Å²) in [5.41, 5.74) is 10.9. The molecular weight excluding hydrogens is 208 g/mol. The van der Waals surface area contributed by atoms with Crippen LogP contribution in [0.5, 0.6) is 0 Å². The second kappa shape index (κ2) is 4.49. The summed E-state index contributed by atoms with van der Waals surface area (Å²) in [5.74, 6) is 0. The molecule has 0 aromatic carbocycles. The molecule has 96 valence electrons. The Morgan fingerprint density at radius 1 is 1.47 bits per heavy atom. The second-order valence-corrected chi connectivity index (χ2v) is 6.29. The van der Waals surface area contributed by atoms with Gasteiger partial charge in [0, 0.05) is 24.0 Å². The van der Waals surface area contributed by atoms with Gasteiger partial charge in [-0.3, -0.25) is 0 Å². The minimum absolute atomic E-state index is 0.267. The maximum atomic E-state index is 6.21. The first-order valence-corrected chi connectivity index (χ1v) is 6.89. The van der Waals surface area contributed by atoms with Crippen molar-refractivity contribution in [1.82, 2.24) is 4.57 Å². The summed E-state index contributed by atoms with van der Waals surface area (Å²) < 4.78 is 2.51. The number of nitrogens with zero attached hydrogens (tertiary/aromatic N) is 1. The van der Waals surface area contributed by atoms with E-state index in [2.05, 4.69) is 38.3 Å². The molecule has 2 rings (SSSR count). The summed E-state index contributed by atoms with van der Waals surface area (Å²) in [6.45, 7) is 10.3.